The summed E-state index contributed by atoms with van der Waals surface area (Å²) in [6.07, 6.45) is 0.239. The highest BCUT2D eigenvalue weighted by atomic mass is 16.6. The molecule has 2 aromatic rings. The van der Waals surface area contributed by atoms with Crippen molar-refractivity contribution in [3.8, 4) is 11.5 Å². The van der Waals surface area contributed by atoms with Crippen LogP contribution in [0.15, 0.2) is 48.5 Å². The fourth-order valence-electron chi connectivity index (χ4n) is 2.39. The number of carbonyl (C=O) groups excluding carboxylic acids is 1. The molecule has 2 saturated heterocycles. The van der Waals surface area contributed by atoms with E-state index < -0.39 is 0 Å². The second-order valence-corrected chi connectivity index (χ2v) is 5.86. The Kier molecular flexibility index (Phi) is 4.19. The first-order valence-electron chi connectivity index (χ1n) is 8.03. The number of ketones is 1. The highest BCUT2D eigenvalue weighted by Crippen LogP contribution is 2.34. The van der Waals surface area contributed by atoms with E-state index >= 15 is 0 Å². The van der Waals surface area contributed by atoms with Crippen LogP contribution < -0.4 is 9.47 Å². The van der Waals surface area contributed by atoms with Gasteiger partial charge in [0.05, 0.1) is 18.8 Å². The van der Waals surface area contributed by atoms with Gasteiger partial charge >= 0.3 is 0 Å². The molecule has 0 saturated carbocycles. The van der Waals surface area contributed by atoms with Crippen LogP contribution in [0.2, 0.25) is 0 Å². The van der Waals surface area contributed by atoms with Gasteiger partial charge in [-0.1, -0.05) is 36.4 Å². The van der Waals surface area contributed by atoms with E-state index in [1.165, 1.54) is 0 Å². The van der Waals surface area contributed by atoms with Gasteiger partial charge in [0.25, 0.3) is 0 Å². The molecule has 2 aromatic carbocycles. The summed E-state index contributed by atoms with van der Waals surface area (Å²) in [6, 6.07) is 14.5. The summed E-state index contributed by atoms with van der Waals surface area (Å²) in [7, 11) is 0. The summed E-state index contributed by atoms with van der Waals surface area (Å²) < 4.78 is 22.0. The van der Waals surface area contributed by atoms with Crippen LogP contribution in [0.25, 0.3) is 0 Å². The lowest BCUT2D eigenvalue weighted by Gasteiger charge is -2.15. The monoisotopic (exact) mass is 326 g/mol. The largest absolute Gasteiger partial charge is 0.487 e. The van der Waals surface area contributed by atoms with Crippen molar-refractivity contribution in [1.29, 1.82) is 0 Å². The Labute approximate surface area is 140 Å². The van der Waals surface area contributed by atoms with Gasteiger partial charge in [-0.15, -0.1) is 0 Å². The molecule has 2 heterocycles. The highest BCUT2D eigenvalue weighted by molar-refractivity contribution is 6.11. The van der Waals surface area contributed by atoms with Crippen molar-refractivity contribution in [3.63, 3.8) is 0 Å². The second-order valence-electron chi connectivity index (χ2n) is 5.86. The fourth-order valence-corrected chi connectivity index (χ4v) is 2.39. The van der Waals surface area contributed by atoms with E-state index in [1.807, 2.05) is 24.3 Å². The van der Waals surface area contributed by atoms with Crippen LogP contribution >= 0.6 is 0 Å². The first-order valence-corrected chi connectivity index (χ1v) is 8.03. The fraction of sp³-hybridized carbons (Fsp3) is 0.316. The summed E-state index contributed by atoms with van der Waals surface area (Å²) in [5, 5.41) is 0. The van der Waals surface area contributed by atoms with E-state index in [9.17, 15) is 4.79 Å². The summed E-state index contributed by atoms with van der Waals surface area (Å²) >= 11 is 0. The summed E-state index contributed by atoms with van der Waals surface area (Å²) in [6.45, 7) is 2.28. The topological polar surface area (TPSA) is 60.6 Å². The smallest absolute Gasteiger partial charge is 0.196 e. The first kappa shape index (κ1) is 15.2. The second kappa shape index (κ2) is 6.63. The minimum absolute atomic E-state index is 0.0876. The SMILES string of the molecule is O=C(c1ccccc1)c1cccc(OCC2CO2)c1OCC1CO1. The number of carbonyl (C=O) groups is 1. The molecule has 2 aliphatic rings. The zero-order valence-electron chi connectivity index (χ0n) is 13.1. The standard InChI is InChI=1S/C19H18O5/c20-18(13-5-2-1-3-6-13)16-7-4-8-17(23-11-14-9-21-14)19(16)24-12-15-10-22-15/h1-8,14-15H,9-12H2. The number of hydrogen-bond donors (Lipinski definition) is 0. The van der Waals surface area contributed by atoms with Crippen molar-refractivity contribution in [1.82, 2.24) is 0 Å². The van der Waals surface area contributed by atoms with Crippen molar-refractivity contribution >= 4 is 5.78 Å². The molecule has 2 unspecified atom stereocenters. The molecule has 0 N–H and O–H groups in total. The zero-order chi connectivity index (χ0) is 16.4. The third-order valence-corrected chi connectivity index (χ3v) is 3.90. The van der Waals surface area contributed by atoms with Gasteiger partial charge < -0.3 is 18.9 Å². The van der Waals surface area contributed by atoms with Gasteiger partial charge in [0.1, 0.15) is 25.4 Å². The molecule has 0 aromatic heterocycles. The molecule has 5 nitrogen and oxygen atoms in total. The Bertz CT molecular complexity index is 720. The minimum Gasteiger partial charge on any atom is -0.487 e. The Morgan fingerprint density at radius 2 is 1.58 bits per heavy atom. The van der Waals surface area contributed by atoms with E-state index in [1.54, 1.807) is 24.3 Å². The zero-order valence-corrected chi connectivity index (χ0v) is 13.1. The van der Waals surface area contributed by atoms with Crippen LogP contribution in [0, 0.1) is 0 Å². The summed E-state index contributed by atoms with van der Waals surface area (Å²) in [5.41, 5.74) is 1.11. The Balaban J connectivity index is 1.62. The Morgan fingerprint density at radius 3 is 2.25 bits per heavy atom. The molecule has 5 heteroatoms. The lowest BCUT2D eigenvalue weighted by atomic mass is 10.0. The quantitative estimate of drug-likeness (QED) is 0.551. The van der Waals surface area contributed by atoms with Crippen molar-refractivity contribution in [3.05, 3.63) is 59.7 Å². The molecule has 0 amide bonds. The number of ether oxygens (including phenoxy) is 4. The van der Waals surface area contributed by atoms with Crippen LogP contribution in [0.3, 0.4) is 0 Å². The number of epoxide rings is 2. The third kappa shape index (κ3) is 3.58. The average molecular weight is 326 g/mol. The number of benzene rings is 2. The van der Waals surface area contributed by atoms with Gasteiger partial charge in [-0.25, -0.2) is 0 Å². The van der Waals surface area contributed by atoms with Crippen LogP contribution in [0.4, 0.5) is 0 Å². The molecule has 24 heavy (non-hydrogen) atoms. The maximum Gasteiger partial charge on any atom is 0.196 e. The summed E-state index contributed by atoms with van der Waals surface area (Å²) in [4.78, 5) is 12.8. The van der Waals surface area contributed by atoms with Gasteiger partial charge in [-0.05, 0) is 12.1 Å². The van der Waals surface area contributed by atoms with Gasteiger partial charge in [0.15, 0.2) is 17.3 Å². The van der Waals surface area contributed by atoms with Crippen molar-refractivity contribution < 1.29 is 23.7 Å². The molecule has 2 atom stereocenters. The van der Waals surface area contributed by atoms with Crippen LogP contribution in [-0.4, -0.2) is 44.4 Å². The van der Waals surface area contributed by atoms with Crippen LogP contribution in [0.1, 0.15) is 15.9 Å². The Morgan fingerprint density at radius 1 is 0.917 bits per heavy atom. The van der Waals surface area contributed by atoms with Gasteiger partial charge in [-0.2, -0.15) is 0 Å². The van der Waals surface area contributed by atoms with Gasteiger partial charge in [-0.3, -0.25) is 4.79 Å². The molecule has 124 valence electrons. The summed E-state index contributed by atoms with van der Waals surface area (Å²) in [5.74, 6) is 0.950. The van der Waals surface area contributed by atoms with E-state index in [0.717, 1.165) is 6.61 Å². The predicted molar refractivity (Wildman–Crippen MR) is 86.8 cm³/mol. The molecular formula is C19H18O5. The van der Waals surface area contributed by atoms with E-state index in [2.05, 4.69) is 0 Å². The predicted octanol–water partition coefficient (Wildman–Crippen LogP) is 2.47. The van der Waals surface area contributed by atoms with Crippen molar-refractivity contribution in [2.24, 2.45) is 0 Å². The van der Waals surface area contributed by atoms with Crippen LogP contribution in [-0.2, 0) is 9.47 Å². The molecule has 2 aliphatic heterocycles. The van der Waals surface area contributed by atoms with E-state index in [-0.39, 0.29) is 18.0 Å². The number of hydrogen-bond acceptors (Lipinski definition) is 5. The van der Waals surface area contributed by atoms with E-state index in [0.29, 0.717) is 42.4 Å². The first-order chi connectivity index (χ1) is 11.8. The minimum atomic E-state index is -0.0876. The lowest BCUT2D eigenvalue weighted by molar-refractivity contribution is 0.103. The number of para-hydroxylation sites is 1. The normalized spacial score (nSPS) is 21.2. The van der Waals surface area contributed by atoms with Gasteiger partial charge in [0, 0.05) is 5.56 Å². The van der Waals surface area contributed by atoms with E-state index in [4.69, 9.17) is 18.9 Å². The highest BCUT2D eigenvalue weighted by Gasteiger charge is 2.27. The number of rotatable bonds is 8. The lowest BCUT2D eigenvalue weighted by Crippen LogP contribution is -2.12. The van der Waals surface area contributed by atoms with Gasteiger partial charge in [0.2, 0.25) is 0 Å². The molecule has 0 radical (unpaired) electrons. The third-order valence-electron chi connectivity index (χ3n) is 3.90. The molecule has 2 fully saturated rings. The maximum atomic E-state index is 12.8. The molecule has 0 aliphatic carbocycles. The molecule has 0 spiro atoms. The van der Waals surface area contributed by atoms with Crippen molar-refractivity contribution in [2.45, 2.75) is 12.2 Å². The average Bonchev–Trinajstić information content (AvgIpc) is 3.53. The Hall–Kier alpha value is -2.37. The molecular weight excluding hydrogens is 308 g/mol. The molecule has 0 bridgehead atoms. The van der Waals surface area contributed by atoms with Crippen LogP contribution in [0.5, 0.6) is 11.5 Å². The maximum absolute atomic E-state index is 12.8. The van der Waals surface area contributed by atoms with Crippen molar-refractivity contribution in [2.75, 3.05) is 26.4 Å². The molecule has 4 rings (SSSR count).